The van der Waals surface area contributed by atoms with E-state index >= 15 is 0 Å². The molecule has 1 saturated heterocycles. The number of pyridine rings is 1. The molecule has 0 radical (unpaired) electrons. The van der Waals surface area contributed by atoms with Crippen molar-refractivity contribution in [3.8, 4) is 5.75 Å². The first-order valence-electron chi connectivity index (χ1n) is 8.47. The van der Waals surface area contributed by atoms with E-state index in [4.69, 9.17) is 16.3 Å². The van der Waals surface area contributed by atoms with Crippen molar-refractivity contribution in [1.82, 2.24) is 19.9 Å². The molecule has 26 heavy (non-hydrogen) atoms. The summed E-state index contributed by atoms with van der Waals surface area (Å²) in [6.45, 7) is 1.23. The molecule has 0 saturated carbocycles. The van der Waals surface area contributed by atoms with Crippen LogP contribution in [-0.4, -0.2) is 45.0 Å². The highest BCUT2D eigenvalue weighted by molar-refractivity contribution is 6.31. The van der Waals surface area contributed by atoms with Crippen molar-refractivity contribution in [3.05, 3.63) is 59.6 Å². The van der Waals surface area contributed by atoms with Gasteiger partial charge in [0.1, 0.15) is 16.9 Å². The topological polar surface area (TPSA) is 68.2 Å². The van der Waals surface area contributed by atoms with Gasteiger partial charge in [0.05, 0.1) is 17.6 Å². The van der Waals surface area contributed by atoms with Gasteiger partial charge in [-0.05, 0) is 31.0 Å². The van der Waals surface area contributed by atoms with Gasteiger partial charge in [-0.2, -0.15) is 0 Å². The lowest BCUT2D eigenvalue weighted by atomic mass is 10.1. The second-order valence-electron chi connectivity index (χ2n) is 6.20. The first-order chi connectivity index (χ1) is 12.7. The molecule has 0 unspecified atom stereocenters. The number of amides is 1. The van der Waals surface area contributed by atoms with Gasteiger partial charge < -0.3 is 9.64 Å². The average Bonchev–Trinajstić information content (AvgIpc) is 2.69. The molecule has 0 N–H and O–H groups in total. The minimum Gasteiger partial charge on any atom is -0.487 e. The number of aromatic nitrogens is 3. The molecule has 3 aromatic rings. The number of piperidine rings is 1. The SMILES string of the molecule is O=C(c1ccc2nccnc2c1)N1CCC[C@H](Oc2ccncc2Cl)C1. The maximum atomic E-state index is 12.9. The number of fused-ring (bicyclic) bond motifs is 1. The Kier molecular flexibility index (Phi) is 4.67. The minimum absolute atomic E-state index is 0.0216. The standard InChI is InChI=1S/C19H17ClN4O2/c20-15-11-21-6-5-18(15)26-14-2-1-9-24(12-14)19(25)13-3-4-16-17(10-13)23-8-7-22-16/h3-8,10-11,14H,1-2,9,12H2/t14-/m0/s1. The predicted molar refractivity (Wildman–Crippen MR) is 98.3 cm³/mol. The lowest BCUT2D eigenvalue weighted by Gasteiger charge is -2.33. The quantitative estimate of drug-likeness (QED) is 0.709. The molecule has 1 atom stereocenters. The van der Waals surface area contributed by atoms with E-state index in [1.807, 2.05) is 11.0 Å². The normalized spacial score (nSPS) is 17.3. The molecular weight excluding hydrogens is 352 g/mol. The summed E-state index contributed by atoms with van der Waals surface area (Å²) in [6, 6.07) is 7.15. The van der Waals surface area contributed by atoms with Crippen LogP contribution in [0.4, 0.5) is 0 Å². The minimum atomic E-state index is -0.0900. The maximum absolute atomic E-state index is 12.9. The lowest BCUT2D eigenvalue weighted by molar-refractivity contribution is 0.0538. The molecule has 1 aromatic carbocycles. The summed E-state index contributed by atoms with van der Waals surface area (Å²) in [4.78, 5) is 27.2. The van der Waals surface area contributed by atoms with E-state index in [1.54, 1.807) is 43.0 Å². The van der Waals surface area contributed by atoms with Gasteiger partial charge in [-0.1, -0.05) is 11.6 Å². The molecule has 1 amide bonds. The van der Waals surface area contributed by atoms with Crippen LogP contribution >= 0.6 is 11.6 Å². The molecule has 0 spiro atoms. The van der Waals surface area contributed by atoms with Crippen LogP contribution in [0.15, 0.2) is 49.1 Å². The number of carbonyl (C=O) groups is 1. The van der Waals surface area contributed by atoms with Crippen molar-refractivity contribution >= 4 is 28.5 Å². The molecule has 132 valence electrons. The predicted octanol–water partition coefficient (Wildman–Crippen LogP) is 3.36. The van der Waals surface area contributed by atoms with Crippen LogP contribution in [0.3, 0.4) is 0 Å². The zero-order chi connectivity index (χ0) is 17.9. The third-order valence-corrected chi connectivity index (χ3v) is 4.69. The van der Waals surface area contributed by atoms with E-state index in [0.717, 1.165) is 18.4 Å². The lowest BCUT2D eigenvalue weighted by Crippen LogP contribution is -2.44. The van der Waals surface area contributed by atoms with Crippen LogP contribution in [-0.2, 0) is 0 Å². The fraction of sp³-hybridized carbons (Fsp3) is 0.263. The van der Waals surface area contributed by atoms with Crippen LogP contribution in [0.5, 0.6) is 5.75 Å². The van der Waals surface area contributed by atoms with E-state index in [2.05, 4.69) is 15.0 Å². The van der Waals surface area contributed by atoms with E-state index in [1.165, 1.54) is 0 Å². The van der Waals surface area contributed by atoms with E-state index < -0.39 is 0 Å². The van der Waals surface area contributed by atoms with Gasteiger partial charge in [0.15, 0.2) is 0 Å². The van der Waals surface area contributed by atoms with Gasteiger partial charge in [0.25, 0.3) is 5.91 Å². The highest BCUT2D eigenvalue weighted by atomic mass is 35.5. The van der Waals surface area contributed by atoms with E-state index in [0.29, 0.717) is 34.9 Å². The van der Waals surface area contributed by atoms with Crippen LogP contribution in [0, 0.1) is 0 Å². The smallest absolute Gasteiger partial charge is 0.254 e. The second-order valence-corrected chi connectivity index (χ2v) is 6.61. The first kappa shape index (κ1) is 16.7. The van der Waals surface area contributed by atoms with Gasteiger partial charge in [0, 0.05) is 43.0 Å². The van der Waals surface area contributed by atoms with Gasteiger partial charge in [-0.15, -0.1) is 0 Å². The summed E-state index contributed by atoms with van der Waals surface area (Å²) in [5.41, 5.74) is 2.10. The van der Waals surface area contributed by atoms with Gasteiger partial charge in [-0.25, -0.2) is 0 Å². The Morgan fingerprint density at radius 3 is 2.85 bits per heavy atom. The third-order valence-electron chi connectivity index (χ3n) is 4.41. The van der Waals surface area contributed by atoms with Crippen molar-refractivity contribution in [2.45, 2.75) is 18.9 Å². The highest BCUT2D eigenvalue weighted by Crippen LogP contribution is 2.26. The average molecular weight is 369 g/mol. The number of halogens is 1. The van der Waals surface area contributed by atoms with Gasteiger partial charge in [-0.3, -0.25) is 19.7 Å². The molecule has 1 fully saturated rings. The molecular formula is C19H17ClN4O2. The molecule has 2 aromatic heterocycles. The number of hydrogen-bond donors (Lipinski definition) is 0. The number of hydrogen-bond acceptors (Lipinski definition) is 5. The van der Waals surface area contributed by atoms with E-state index in [9.17, 15) is 4.79 Å². The number of nitrogens with zero attached hydrogens (tertiary/aromatic N) is 4. The number of rotatable bonds is 3. The zero-order valence-electron chi connectivity index (χ0n) is 14.0. The summed E-state index contributed by atoms with van der Waals surface area (Å²) in [6.07, 6.45) is 8.13. The summed E-state index contributed by atoms with van der Waals surface area (Å²) in [7, 11) is 0. The Labute approximate surface area is 155 Å². The molecule has 1 aliphatic heterocycles. The zero-order valence-corrected chi connectivity index (χ0v) is 14.8. The summed E-state index contributed by atoms with van der Waals surface area (Å²) in [5.74, 6) is 0.577. The Morgan fingerprint density at radius 1 is 1.15 bits per heavy atom. The molecule has 1 aliphatic rings. The Hall–Kier alpha value is -2.73. The van der Waals surface area contributed by atoms with Crippen LogP contribution in [0.2, 0.25) is 5.02 Å². The summed E-state index contributed by atoms with van der Waals surface area (Å²) in [5, 5.41) is 0.476. The molecule has 3 heterocycles. The molecule has 0 bridgehead atoms. The van der Waals surface area contributed by atoms with Crippen molar-refractivity contribution in [2.75, 3.05) is 13.1 Å². The number of carbonyl (C=O) groups excluding carboxylic acids is 1. The Balaban J connectivity index is 1.49. The maximum Gasteiger partial charge on any atom is 0.254 e. The molecule has 6 nitrogen and oxygen atoms in total. The van der Waals surface area contributed by atoms with Crippen LogP contribution < -0.4 is 4.74 Å². The fourth-order valence-corrected chi connectivity index (χ4v) is 3.30. The monoisotopic (exact) mass is 368 g/mol. The van der Waals surface area contributed by atoms with Crippen LogP contribution in [0.25, 0.3) is 11.0 Å². The van der Waals surface area contributed by atoms with Crippen molar-refractivity contribution in [3.63, 3.8) is 0 Å². The highest BCUT2D eigenvalue weighted by Gasteiger charge is 2.26. The Morgan fingerprint density at radius 2 is 2.00 bits per heavy atom. The Bertz CT molecular complexity index is 949. The first-order valence-corrected chi connectivity index (χ1v) is 8.85. The van der Waals surface area contributed by atoms with Crippen molar-refractivity contribution < 1.29 is 9.53 Å². The molecule has 0 aliphatic carbocycles. The summed E-state index contributed by atoms with van der Waals surface area (Å²) < 4.78 is 5.98. The van der Waals surface area contributed by atoms with Gasteiger partial charge >= 0.3 is 0 Å². The molecule has 7 heteroatoms. The summed E-state index contributed by atoms with van der Waals surface area (Å²) >= 11 is 6.11. The second kappa shape index (κ2) is 7.25. The number of ether oxygens (including phenoxy) is 1. The number of benzene rings is 1. The van der Waals surface area contributed by atoms with Crippen molar-refractivity contribution in [2.24, 2.45) is 0 Å². The third kappa shape index (κ3) is 3.46. The van der Waals surface area contributed by atoms with E-state index in [-0.39, 0.29) is 12.0 Å². The van der Waals surface area contributed by atoms with Crippen LogP contribution in [0.1, 0.15) is 23.2 Å². The largest absolute Gasteiger partial charge is 0.487 e. The fourth-order valence-electron chi connectivity index (χ4n) is 3.14. The van der Waals surface area contributed by atoms with Gasteiger partial charge in [0.2, 0.25) is 0 Å². The van der Waals surface area contributed by atoms with Crippen molar-refractivity contribution in [1.29, 1.82) is 0 Å². The number of likely N-dealkylation sites (tertiary alicyclic amines) is 1. The molecule has 4 rings (SSSR count).